The number of aliphatic imine (C=N–C) groups is 1. The fraction of sp³-hybridized carbons (Fsp3) is 0.586. The Balaban J connectivity index is 2.47. The van der Waals surface area contributed by atoms with Crippen molar-refractivity contribution < 1.29 is 28.7 Å². The van der Waals surface area contributed by atoms with Crippen LogP contribution in [0.3, 0.4) is 0 Å². The highest BCUT2D eigenvalue weighted by Crippen LogP contribution is 2.23. The number of hydrogen-bond donors (Lipinski definition) is 6. The maximum Gasteiger partial charge on any atom is 0.247 e. The summed E-state index contributed by atoms with van der Waals surface area (Å²) in [6, 6.07) is 4.62. The number of ketones is 1. The van der Waals surface area contributed by atoms with E-state index in [-0.39, 0.29) is 56.4 Å². The Morgan fingerprint density at radius 1 is 1.10 bits per heavy atom. The number of ether oxygens (including phenoxy) is 1. The molecule has 0 aliphatic carbocycles. The molecule has 0 radical (unpaired) electrons. The zero-order valence-corrected chi connectivity index (χ0v) is 25.1. The van der Waals surface area contributed by atoms with Gasteiger partial charge in [-0.15, -0.1) is 0 Å². The number of Topliss-reactive ketones (excluding diaryl/α,β-unsaturated/α-hetero) is 1. The molecule has 232 valence electrons. The summed E-state index contributed by atoms with van der Waals surface area (Å²) in [5.74, 6) is -2.94. The van der Waals surface area contributed by atoms with Crippen molar-refractivity contribution in [2.45, 2.75) is 77.4 Å². The minimum Gasteiger partial charge on any atom is -0.497 e. The standard InChI is InChI=1S/C29H45N7O6/c1-6-21-26(40)35-23(18-9-11-20(42-5)12-10-18)27(41)32-15-13-29(4,36-24(38)17(2)3)22(37)16-19(25(39)34-21)8-7-14-33-28(30)31/h9-12,17,19,21,23H,6-8,13-16H2,1-5H3,(H,32,41)(H,34,39)(H,35,40)(H,36,38)(H4,30,31,33)/t19-,21+,23-,29-/m1/s1. The molecule has 4 amide bonds. The first kappa shape index (κ1) is 34.0. The van der Waals surface area contributed by atoms with Crippen LogP contribution >= 0.6 is 0 Å². The monoisotopic (exact) mass is 587 g/mol. The molecule has 8 N–H and O–H groups in total. The molecule has 0 aromatic heterocycles. The lowest BCUT2D eigenvalue weighted by atomic mass is 9.84. The Hall–Kier alpha value is -4.16. The molecule has 0 unspecified atom stereocenters. The molecule has 1 aromatic rings. The highest BCUT2D eigenvalue weighted by molar-refractivity contribution is 5.97. The predicted molar refractivity (Wildman–Crippen MR) is 158 cm³/mol. The van der Waals surface area contributed by atoms with Gasteiger partial charge in [-0.1, -0.05) is 32.9 Å². The van der Waals surface area contributed by atoms with E-state index >= 15 is 0 Å². The normalized spacial score (nSPS) is 24.1. The van der Waals surface area contributed by atoms with Crippen molar-refractivity contribution in [2.75, 3.05) is 20.2 Å². The van der Waals surface area contributed by atoms with E-state index in [1.807, 2.05) is 0 Å². The topological polar surface area (TPSA) is 207 Å². The summed E-state index contributed by atoms with van der Waals surface area (Å²) >= 11 is 0. The lowest BCUT2D eigenvalue weighted by Gasteiger charge is -2.33. The minimum atomic E-state index is -1.36. The molecule has 2 rings (SSSR count). The summed E-state index contributed by atoms with van der Waals surface area (Å²) in [5.41, 5.74) is 9.97. The van der Waals surface area contributed by atoms with Crippen molar-refractivity contribution in [3.63, 3.8) is 0 Å². The van der Waals surface area contributed by atoms with Gasteiger partial charge in [0.1, 0.15) is 17.8 Å². The van der Waals surface area contributed by atoms with Crippen LogP contribution in [0.4, 0.5) is 0 Å². The zero-order valence-electron chi connectivity index (χ0n) is 25.1. The van der Waals surface area contributed by atoms with Crippen molar-refractivity contribution in [3.05, 3.63) is 29.8 Å². The number of carbonyl (C=O) groups is 5. The minimum absolute atomic E-state index is 0.0283. The van der Waals surface area contributed by atoms with Gasteiger partial charge in [0.05, 0.1) is 12.6 Å². The molecule has 1 aromatic carbocycles. The van der Waals surface area contributed by atoms with Crippen molar-refractivity contribution in [1.29, 1.82) is 0 Å². The van der Waals surface area contributed by atoms with Gasteiger partial charge in [-0.25, -0.2) is 0 Å². The van der Waals surface area contributed by atoms with Crippen LogP contribution in [0.2, 0.25) is 0 Å². The molecule has 13 nitrogen and oxygen atoms in total. The Bertz CT molecular complexity index is 1150. The van der Waals surface area contributed by atoms with Crippen LogP contribution in [0.25, 0.3) is 0 Å². The highest BCUT2D eigenvalue weighted by atomic mass is 16.5. The van der Waals surface area contributed by atoms with Crippen LogP contribution in [-0.4, -0.2) is 67.2 Å². The largest absolute Gasteiger partial charge is 0.497 e. The van der Waals surface area contributed by atoms with Gasteiger partial charge in [0.15, 0.2) is 11.7 Å². The number of hydrogen-bond acceptors (Lipinski definition) is 7. The quantitative estimate of drug-likeness (QED) is 0.135. The second kappa shape index (κ2) is 15.7. The fourth-order valence-electron chi connectivity index (χ4n) is 4.53. The summed E-state index contributed by atoms with van der Waals surface area (Å²) in [7, 11) is 1.52. The molecule has 1 aliphatic heterocycles. The Morgan fingerprint density at radius 3 is 2.33 bits per heavy atom. The number of methoxy groups -OCH3 is 1. The van der Waals surface area contributed by atoms with E-state index in [4.69, 9.17) is 16.2 Å². The molecule has 0 saturated carbocycles. The zero-order chi connectivity index (χ0) is 31.4. The van der Waals surface area contributed by atoms with Gasteiger partial charge < -0.3 is 37.5 Å². The summed E-state index contributed by atoms with van der Waals surface area (Å²) in [6.07, 6.45) is 0.802. The Labute approximate surface area is 247 Å². The molecule has 1 heterocycles. The summed E-state index contributed by atoms with van der Waals surface area (Å²) in [5, 5.41) is 11.2. The molecule has 1 aliphatic rings. The average Bonchev–Trinajstić information content (AvgIpc) is 2.95. The SMILES string of the molecule is CC[C@@H]1NC(=O)[C@H](CCCN=C(N)N)CC(=O)[C@](C)(NC(=O)C(C)C)CCNC(=O)[C@@H](c2ccc(OC)cc2)NC1=O. The van der Waals surface area contributed by atoms with Gasteiger partial charge >= 0.3 is 0 Å². The Morgan fingerprint density at radius 2 is 1.76 bits per heavy atom. The predicted octanol–water partition coefficient (Wildman–Crippen LogP) is 0.427. The van der Waals surface area contributed by atoms with E-state index in [0.29, 0.717) is 17.7 Å². The molecule has 42 heavy (non-hydrogen) atoms. The second-order valence-corrected chi connectivity index (χ2v) is 11.0. The van der Waals surface area contributed by atoms with Crippen LogP contribution in [-0.2, 0) is 24.0 Å². The third-order valence-corrected chi connectivity index (χ3v) is 7.31. The summed E-state index contributed by atoms with van der Waals surface area (Å²) < 4.78 is 5.20. The van der Waals surface area contributed by atoms with E-state index in [1.165, 1.54) is 7.11 Å². The molecule has 1 fully saturated rings. The number of nitrogens with one attached hydrogen (secondary N) is 4. The average molecular weight is 588 g/mol. The first-order valence-corrected chi connectivity index (χ1v) is 14.2. The van der Waals surface area contributed by atoms with Crippen LogP contribution < -0.4 is 37.5 Å². The van der Waals surface area contributed by atoms with Crippen molar-refractivity contribution in [2.24, 2.45) is 28.3 Å². The molecule has 0 spiro atoms. The van der Waals surface area contributed by atoms with E-state index in [1.54, 1.807) is 52.0 Å². The van der Waals surface area contributed by atoms with Gasteiger partial charge in [-0.2, -0.15) is 0 Å². The third kappa shape index (κ3) is 9.74. The van der Waals surface area contributed by atoms with Gasteiger partial charge in [0, 0.05) is 31.3 Å². The van der Waals surface area contributed by atoms with Crippen molar-refractivity contribution in [1.82, 2.24) is 21.3 Å². The Kier molecular flexibility index (Phi) is 12.8. The molecule has 0 bridgehead atoms. The van der Waals surface area contributed by atoms with Crippen molar-refractivity contribution in [3.8, 4) is 5.75 Å². The fourth-order valence-corrected chi connectivity index (χ4v) is 4.53. The lowest BCUT2D eigenvalue weighted by molar-refractivity contribution is -0.137. The van der Waals surface area contributed by atoms with E-state index in [9.17, 15) is 24.0 Å². The number of nitrogens with two attached hydrogens (primary N) is 2. The van der Waals surface area contributed by atoms with Gasteiger partial charge in [-0.05, 0) is 50.3 Å². The number of carbonyl (C=O) groups excluding carboxylic acids is 5. The molecule has 4 atom stereocenters. The summed E-state index contributed by atoms with van der Waals surface area (Å²) in [6.45, 7) is 7.03. The number of guanidine groups is 1. The van der Waals surface area contributed by atoms with E-state index in [2.05, 4.69) is 26.3 Å². The molecule has 1 saturated heterocycles. The van der Waals surface area contributed by atoms with Crippen LogP contribution in [0.5, 0.6) is 5.75 Å². The van der Waals surface area contributed by atoms with Gasteiger partial charge in [0.2, 0.25) is 23.6 Å². The van der Waals surface area contributed by atoms with Crippen LogP contribution in [0, 0.1) is 11.8 Å². The van der Waals surface area contributed by atoms with Crippen molar-refractivity contribution >= 4 is 35.4 Å². The number of rotatable bonds is 9. The smallest absolute Gasteiger partial charge is 0.247 e. The summed E-state index contributed by atoms with van der Waals surface area (Å²) in [4.78, 5) is 70.6. The lowest BCUT2D eigenvalue weighted by Crippen LogP contribution is -2.57. The number of benzene rings is 1. The van der Waals surface area contributed by atoms with Crippen LogP contribution in [0.15, 0.2) is 29.3 Å². The number of amides is 4. The van der Waals surface area contributed by atoms with Gasteiger partial charge in [0.25, 0.3) is 0 Å². The van der Waals surface area contributed by atoms with E-state index in [0.717, 1.165) is 0 Å². The van der Waals surface area contributed by atoms with E-state index < -0.39 is 47.2 Å². The maximum atomic E-state index is 13.7. The molecular formula is C29H45N7O6. The maximum absolute atomic E-state index is 13.7. The first-order chi connectivity index (χ1) is 19.8. The molecular weight excluding hydrogens is 542 g/mol. The number of nitrogens with zero attached hydrogens (tertiary/aromatic N) is 1. The van der Waals surface area contributed by atoms with Gasteiger partial charge in [-0.3, -0.25) is 29.0 Å². The second-order valence-electron chi connectivity index (χ2n) is 11.0. The molecule has 13 heteroatoms. The third-order valence-electron chi connectivity index (χ3n) is 7.31. The van der Waals surface area contributed by atoms with Crippen LogP contribution in [0.1, 0.15) is 71.4 Å². The highest BCUT2D eigenvalue weighted by Gasteiger charge is 2.38. The first-order valence-electron chi connectivity index (χ1n) is 14.2.